The quantitative estimate of drug-likeness (QED) is 0.889. The number of carbonyl (C=O) groups excluding carboxylic acids is 1. The van der Waals surface area contributed by atoms with E-state index >= 15 is 0 Å². The van der Waals surface area contributed by atoms with Gasteiger partial charge in [-0.05, 0) is 57.9 Å². The van der Waals surface area contributed by atoms with Gasteiger partial charge >= 0.3 is 0 Å². The second-order valence-electron chi connectivity index (χ2n) is 5.50. The van der Waals surface area contributed by atoms with Crippen LogP contribution in [0.2, 0.25) is 0 Å². The van der Waals surface area contributed by atoms with Crippen molar-refractivity contribution in [2.75, 3.05) is 18.5 Å². The molecule has 2 N–H and O–H groups in total. The highest BCUT2D eigenvalue weighted by atomic mass is 16.5. The first-order valence-electron chi connectivity index (χ1n) is 7.38. The lowest BCUT2D eigenvalue weighted by molar-refractivity contribution is -0.120. The number of benzene rings is 1. The molecular formula is C16H24N2O2. The first-order valence-corrected chi connectivity index (χ1v) is 7.38. The van der Waals surface area contributed by atoms with Crippen molar-refractivity contribution in [2.45, 2.75) is 39.7 Å². The average Bonchev–Trinajstić information content (AvgIpc) is 2.42. The van der Waals surface area contributed by atoms with Gasteiger partial charge < -0.3 is 15.4 Å². The Morgan fingerprint density at radius 3 is 3.00 bits per heavy atom. The standard InChI is InChI=1S/C16H24N2O2/c1-4-20-15-9-11(2)5-6-14(15)18-16(19)13-7-8-17-12(3)10-13/h5-6,9,12-13,17H,4,7-8,10H2,1-3H3,(H,18,19)/t12-,13-/m0/s1. The highest BCUT2D eigenvalue weighted by molar-refractivity contribution is 5.94. The summed E-state index contributed by atoms with van der Waals surface area (Å²) in [5.41, 5.74) is 1.90. The minimum Gasteiger partial charge on any atom is -0.492 e. The normalized spacial score (nSPS) is 22.4. The first kappa shape index (κ1) is 14.9. The van der Waals surface area contributed by atoms with Gasteiger partial charge in [0.15, 0.2) is 0 Å². The van der Waals surface area contributed by atoms with E-state index in [9.17, 15) is 4.79 Å². The molecule has 110 valence electrons. The molecule has 20 heavy (non-hydrogen) atoms. The lowest BCUT2D eigenvalue weighted by Gasteiger charge is -2.27. The van der Waals surface area contributed by atoms with Gasteiger partial charge in [-0.15, -0.1) is 0 Å². The Balaban J connectivity index is 2.06. The molecule has 1 aliphatic heterocycles. The predicted octanol–water partition coefficient (Wildman–Crippen LogP) is 2.72. The molecular weight excluding hydrogens is 252 g/mol. The molecule has 1 aromatic carbocycles. The predicted molar refractivity (Wildman–Crippen MR) is 81.2 cm³/mol. The van der Waals surface area contributed by atoms with Gasteiger partial charge in [0, 0.05) is 12.0 Å². The summed E-state index contributed by atoms with van der Waals surface area (Å²) in [7, 11) is 0. The van der Waals surface area contributed by atoms with Gasteiger partial charge in [-0.1, -0.05) is 6.07 Å². The van der Waals surface area contributed by atoms with E-state index in [0.717, 1.165) is 36.4 Å². The van der Waals surface area contributed by atoms with Gasteiger partial charge in [0.05, 0.1) is 12.3 Å². The molecule has 0 spiro atoms. The van der Waals surface area contributed by atoms with E-state index in [2.05, 4.69) is 17.6 Å². The third-order valence-corrected chi connectivity index (χ3v) is 3.69. The van der Waals surface area contributed by atoms with E-state index in [4.69, 9.17) is 4.74 Å². The second kappa shape index (κ2) is 6.75. The lowest BCUT2D eigenvalue weighted by atomic mass is 9.92. The molecule has 0 aromatic heterocycles. The van der Waals surface area contributed by atoms with Crippen molar-refractivity contribution in [1.29, 1.82) is 0 Å². The van der Waals surface area contributed by atoms with E-state index in [1.165, 1.54) is 0 Å². The van der Waals surface area contributed by atoms with E-state index in [-0.39, 0.29) is 11.8 Å². The summed E-state index contributed by atoms with van der Waals surface area (Å²) in [6.45, 7) is 7.59. The van der Waals surface area contributed by atoms with E-state index in [1.807, 2.05) is 32.0 Å². The number of ether oxygens (including phenoxy) is 1. The summed E-state index contributed by atoms with van der Waals surface area (Å²) in [5.74, 6) is 0.938. The van der Waals surface area contributed by atoms with Gasteiger partial charge in [0.25, 0.3) is 0 Å². The van der Waals surface area contributed by atoms with Crippen LogP contribution in [0.3, 0.4) is 0 Å². The van der Waals surface area contributed by atoms with Crippen molar-refractivity contribution in [1.82, 2.24) is 5.32 Å². The van der Waals surface area contributed by atoms with Crippen LogP contribution in [0.5, 0.6) is 5.75 Å². The van der Waals surface area contributed by atoms with Crippen LogP contribution in [0.4, 0.5) is 5.69 Å². The summed E-state index contributed by atoms with van der Waals surface area (Å²) in [4.78, 5) is 12.4. The number of piperidine rings is 1. The van der Waals surface area contributed by atoms with Crippen LogP contribution in [0, 0.1) is 12.8 Å². The Hall–Kier alpha value is -1.55. The molecule has 1 aromatic rings. The number of nitrogens with one attached hydrogen (secondary N) is 2. The maximum atomic E-state index is 12.4. The molecule has 1 fully saturated rings. The van der Waals surface area contributed by atoms with Gasteiger partial charge in [-0.3, -0.25) is 4.79 Å². The third kappa shape index (κ3) is 3.73. The number of anilines is 1. The van der Waals surface area contributed by atoms with E-state index < -0.39 is 0 Å². The fraction of sp³-hybridized carbons (Fsp3) is 0.562. The zero-order chi connectivity index (χ0) is 14.5. The molecule has 1 saturated heterocycles. The van der Waals surface area contributed by atoms with Gasteiger partial charge in [0.1, 0.15) is 5.75 Å². The van der Waals surface area contributed by atoms with Crippen molar-refractivity contribution < 1.29 is 9.53 Å². The SMILES string of the molecule is CCOc1cc(C)ccc1NC(=O)[C@H]1CCN[C@@H](C)C1. The molecule has 4 heteroatoms. The number of carbonyl (C=O) groups is 1. The van der Waals surface area contributed by atoms with Crippen LogP contribution >= 0.6 is 0 Å². The van der Waals surface area contributed by atoms with Crippen LogP contribution in [0.1, 0.15) is 32.3 Å². The molecule has 2 atom stereocenters. The average molecular weight is 276 g/mol. The summed E-state index contributed by atoms with van der Waals surface area (Å²) < 4.78 is 5.60. The largest absolute Gasteiger partial charge is 0.492 e. The number of hydrogen-bond acceptors (Lipinski definition) is 3. The van der Waals surface area contributed by atoms with Crippen molar-refractivity contribution in [2.24, 2.45) is 5.92 Å². The number of rotatable bonds is 4. The van der Waals surface area contributed by atoms with Crippen molar-refractivity contribution in [3.05, 3.63) is 23.8 Å². The molecule has 4 nitrogen and oxygen atoms in total. The maximum Gasteiger partial charge on any atom is 0.227 e. The summed E-state index contributed by atoms with van der Waals surface area (Å²) in [5, 5.41) is 6.39. The Labute approximate surface area is 120 Å². The van der Waals surface area contributed by atoms with Crippen LogP contribution < -0.4 is 15.4 Å². The molecule has 1 aliphatic rings. The van der Waals surface area contributed by atoms with Crippen LogP contribution in [-0.2, 0) is 4.79 Å². The first-order chi connectivity index (χ1) is 9.60. The molecule has 0 bridgehead atoms. The van der Waals surface area contributed by atoms with Gasteiger partial charge in [0.2, 0.25) is 5.91 Å². The minimum atomic E-state index is 0.0852. The number of hydrogen-bond donors (Lipinski definition) is 2. The lowest BCUT2D eigenvalue weighted by Crippen LogP contribution is -2.40. The maximum absolute atomic E-state index is 12.4. The molecule has 0 saturated carbocycles. The van der Waals surface area contributed by atoms with Gasteiger partial charge in [-0.25, -0.2) is 0 Å². The fourth-order valence-corrected chi connectivity index (χ4v) is 2.61. The molecule has 0 aliphatic carbocycles. The number of aryl methyl sites for hydroxylation is 1. The fourth-order valence-electron chi connectivity index (χ4n) is 2.61. The Bertz CT molecular complexity index is 474. The zero-order valence-corrected chi connectivity index (χ0v) is 12.5. The topological polar surface area (TPSA) is 50.4 Å². The highest BCUT2D eigenvalue weighted by Gasteiger charge is 2.25. The summed E-state index contributed by atoms with van der Waals surface area (Å²) >= 11 is 0. The van der Waals surface area contributed by atoms with E-state index in [0.29, 0.717) is 12.6 Å². The monoisotopic (exact) mass is 276 g/mol. The molecule has 1 heterocycles. The summed E-state index contributed by atoms with van der Waals surface area (Å²) in [6, 6.07) is 6.28. The Kier molecular flexibility index (Phi) is 5.01. The highest BCUT2D eigenvalue weighted by Crippen LogP contribution is 2.27. The second-order valence-corrected chi connectivity index (χ2v) is 5.50. The zero-order valence-electron chi connectivity index (χ0n) is 12.5. The van der Waals surface area contributed by atoms with Crippen LogP contribution in [-0.4, -0.2) is 25.1 Å². The molecule has 0 radical (unpaired) electrons. The molecule has 0 unspecified atom stereocenters. The van der Waals surface area contributed by atoms with Crippen LogP contribution in [0.25, 0.3) is 0 Å². The Morgan fingerprint density at radius 1 is 1.50 bits per heavy atom. The molecule has 2 rings (SSSR count). The third-order valence-electron chi connectivity index (χ3n) is 3.69. The van der Waals surface area contributed by atoms with Gasteiger partial charge in [-0.2, -0.15) is 0 Å². The van der Waals surface area contributed by atoms with Crippen LogP contribution in [0.15, 0.2) is 18.2 Å². The van der Waals surface area contributed by atoms with E-state index in [1.54, 1.807) is 0 Å². The smallest absolute Gasteiger partial charge is 0.227 e. The number of amides is 1. The Morgan fingerprint density at radius 2 is 2.30 bits per heavy atom. The molecule has 1 amide bonds. The van der Waals surface area contributed by atoms with Crippen molar-refractivity contribution in [3.8, 4) is 5.75 Å². The van der Waals surface area contributed by atoms with Crippen molar-refractivity contribution >= 4 is 11.6 Å². The minimum absolute atomic E-state index is 0.0852. The van der Waals surface area contributed by atoms with Crippen molar-refractivity contribution in [3.63, 3.8) is 0 Å². The summed E-state index contributed by atoms with van der Waals surface area (Å²) in [6.07, 6.45) is 1.79.